The van der Waals surface area contributed by atoms with Crippen molar-refractivity contribution in [3.8, 4) is 0 Å². The van der Waals surface area contributed by atoms with Crippen LogP contribution in [-0.2, 0) is 11.3 Å². The number of nitrogens with zero attached hydrogens (tertiary/aromatic N) is 3. The zero-order chi connectivity index (χ0) is 16.8. The molecule has 0 bridgehead atoms. The number of aromatic nitrogens is 1. The highest BCUT2D eigenvalue weighted by Crippen LogP contribution is 2.23. The molecular formula is C15H18N4O3S. The first-order chi connectivity index (χ1) is 11.0. The van der Waals surface area contributed by atoms with Crippen LogP contribution in [-0.4, -0.2) is 34.3 Å². The van der Waals surface area contributed by atoms with Gasteiger partial charge in [-0.15, -0.1) is 11.3 Å². The Labute approximate surface area is 138 Å². The molecule has 122 valence electrons. The third-order valence-corrected chi connectivity index (χ3v) is 4.02. The summed E-state index contributed by atoms with van der Waals surface area (Å²) >= 11 is 1.60. The number of nitro groups is 1. The third-order valence-electron chi connectivity index (χ3n) is 3.19. The van der Waals surface area contributed by atoms with Crippen molar-refractivity contribution in [3.63, 3.8) is 0 Å². The normalized spacial score (nSPS) is 10.7. The Morgan fingerprint density at radius 1 is 1.43 bits per heavy atom. The average Bonchev–Trinajstić information content (AvgIpc) is 2.90. The van der Waals surface area contributed by atoms with Gasteiger partial charge in [0.1, 0.15) is 5.69 Å². The Kier molecular flexibility index (Phi) is 5.78. The van der Waals surface area contributed by atoms with E-state index in [1.165, 1.54) is 12.1 Å². The van der Waals surface area contributed by atoms with Gasteiger partial charge in [0, 0.05) is 31.0 Å². The number of para-hydroxylation sites is 2. The highest BCUT2D eigenvalue weighted by molar-refractivity contribution is 7.09. The van der Waals surface area contributed by atoms with Crippen LogP contribution in [0.1, 0.15) is 17.1 Å². The minimum absolute atomic E-state index is 0.104. The smallest absolute Gasteiger partial charge is 0.292 e. The first kappa shape index (κ1) is 17.0. The van der Waals surface area contributed by atoms with Crippen LogP contribution in [0.3, 0.4) is 0 Å². The van der Waals surface area contributed by atoms with Crippen molar-refractivity contribution in [1.82, 2.24) is 9.88 Å². The van der Waals surface area contributed by atoms with E-state index in [1.54, 1.807) is 23.5 Å². The molecule has 1 N–H and O–H groups in total. The summed E-state index contributed by atoms with van der Waals surface area (Å²) in [5.74, 6) is -0.249. The zero-order valence-electron chi connectivity index (χ0n) is 13.0. The Bertz CT molecular complexity index is 702. The molecule has 0 aliphatic carbocycles. The lowest BCUT2D eigenvalue weighted by Gasteiger charge is -2.14. The van der Waals surface area contributed by atoms with Gasteiger partial charge in [-0.3, -0.25) is 14.9 Å². The van der Waals surface area contributed by atoms with Crippen LogP contribution in [0.4, 0.5) is 11.4 Å². The summed E-state index contributed by atoms with van der Waals surface area (Å²) in [6, 6.07) is 6.11. The molecule has 23 heavy (non-hydrogen) atoms. The second-order valence-corrected chi connectivity index (χ2v) is 6.23. The van der Waals surface area contributed by atoms with Crippen LogP contribution in [0.15, 0.2) is 29.6 Å². The van der Waals surface area contributed by atoms with E-state index >= 15 is 0 Å². The standard InChI is InChI=1S/C15H18N4O3S/c1-11-16-12(10-23-11)9-18(2)8-7-15(20)17-13-5-3-4-6-14(13)19(21)22/h3-6,10H,7-9H2,1-2H3,(H,17,20). The number of carbonyl (C=O) groups excluding carboxylic acids is 1. The van der Waals surface area contributed by atoms with Crippen LogP contribution < -0.4 is 5.32 Å². The summed E-state index contributed by atoms with van der Waals surface area (Å²) in [6.45, 7) is 3.17. The maximum absolute atomic E-state index is 12.0. The average molecular weight is 334 g/mol. The number of nitrogens with one attached hydrogen (secondary N) is 1. The van der Waals surface area contributed by atoms with Gasteiger partial charge in [0.15, 0.2) is 0 Å². The van der Waals surface area contributed by atoms with Gasteiger partial charge in [-0.1, -0.05) is 12.1 Å². The molecule has 2 rings (SSSR count). The van der Waals surface area contributed by atoms with Gasteiger partial charge in [0.05, 0.1) is 15.6 Å². The molecule has 0 saturated heterocycles. The highest BCUT2D eigenvalue weighted by Gasteiger charge is 2.15. The van der Waals surface area contributed by atoms with E-state index in [4.69, 9.17) is 0 Å². The number of nitro benzene ring substituents is 1. The number of hydrogen-bond donors (Lipinski definition) is 1. The summed E-state index contributed by atoms with van der Waals surface area (Å²) in [5, 5.41) is 16.5. The first-order valence-electron chi connectivity index (χ1n) is 7.08. The van der Waals surface area contributed by atoms with Crippen molar-refractivity contribution in [2.24, 2.45) is 0 Å². The molecular weight excluding hydrogens is 316 g/mol. The van der Waals surface area contributed by atoms with Crippen molar-refractivity contribution in [1.29, 1.82) is 0 Å². The molecule has 8 heteroatoms. The molecule has 0 radical (unpaired) electrons. The number of carbonyl (C=O) groups is 1. The molecule has 0 aliphatic heterocycles. The molecule has 7 nitrogen and oxygen atoms in total. The maximum Gasteiger partial charge on any atom is 0.292 e. The van der Waals surface area contributed by atoms with Crippen molar-refractivity contribution in [3.05, 3.63) is 50.5 Å². The Morgan fingerprint density at radius 2 is 2.17 bits per heavy atom. The van der Waals surface area contributed by atoms with Gasteiger partial charge < -0.3 is 10.2 Å². The Morgan fingerprint density at radius 3 is 2.83 bits per heavy atom. The first-order valence-corrected chi connectivity index (χ1v) is 7.96. The molecule has 0 fully saturated rings. The fraction of sp³-hybridized carbons (Fsp3) is 0.333. The highest BCUT2D eigenvalue weighted by atomic mass is 32.1. The van der Waals surface area contributed by atoms with Gasteiger partial charge >= 0.3 is 0 Å². The number of thiazole rings is 1. The van der Waals surface area contributed by atoms with Crippen molar-refractivity contribution >= 4 is 28.6 Å². The molecule has 1 heterocycles. The molecule has 0 aliphatic rings. The number of anilines is 1. The van der Waals surface area contributed by atoms with Crippen LogP contribution in [0.2, 0.25) is 0 Å². The fourth-order valence-electron chi connectivity index (χ4n) is 2.08. The van der Waals surface area contributed by atoms with Gasteiger partial charge in [-0.05, 0) is 20.0 Å². The Hall–Kier alpha value is -2.32. The SMILES string of the molecule is Cc1nc(CN(C)CCC(=O)Nc2ccccc2[N+](=O)[O-])cs1. The van der Waals surface area contributed by atoms with E-state index < -0.39 is 4.92 Å². The van der Waals surface area contributed by atoms with Crippen LogP contribution >= 0.6 is 11.3 Å². The number of amides is 1. The summed E-state index contributed by atoms with van der Waals surface area (Å²) in [7, 11) is 1.91. The molecule has 0 unspecified atom stereocenters. The monoisotopic (exact) mass is 334 g/mol. The number of rotatable bonds is 7. The quantitative estimate of drug-likeness (QED) is 0.621. The topological polar surface area (TPSA) is 88.4 Å². The molecule has 0 saturated carbocycles. The largest absolute Gasteiger partial charge is 0.320 e. The number of benzene rings is 1. The molecule has 1 aromatic carbocycles. The number of hydrogen-bond acceptors (Lipinski definition) is 6. The lowest BCUT2D eigenvalue weighted by Crippen LogP contribution is -2.24. The van der Waals surface area contributed by atoms with E-state index in [2.05, 4.69) is 10.3 Å². The third kappa shape index (κ3) is 5.11. The molecule has 1 aromatic heterocycles. The summed E-state index contributed by atoms with van der Waals surface area (Å²) < 4.78 is 0. The lowest BCUT2D eigenvalue weighted by atomic mass is 10.2. The fourth-order valence-corrected chi connectivity index (χ4v) is 2.68. The van der Waals surface area contributed by atoms with Gasteiger partial charge in [-0.2, -0.15) is 0 Å². The van der Waals surface area contributed by atoms with Crippen molar-refractivity contribution in [2.45, 2.75) is 19.9 Å². The van der Waals surface area contributed by atoms with E-state index in [0.717, 1.165) is 10.7 Å². The second-order valence-electron chi connectivity index (χ2n) is 5.17. The lowest BCUT2D eigenvalue weighted by molar-refractivity contribution is -0.383. The number of aryl methyl sites for hydroxylation is 1. The van der Waals surface area contributed by atoms with Gasteiger partial charge in [0.25, 0.3) is 5.69 Å². The molecule has 1 amide bonds. The minimum Gasteiger partial charge on any atom is -0.320 e. The predicted octanol–water partition coefficient (Wildman–Crippen LogP) is 2.82. The molecule has 0 atom stereocenters. The van der Waals surface area contributed by atoms with Gasteiger partial charge in [-0.25, -0.2) is 4.98 Å². The molecule has 2 aromatic rings. The maximum atomic E-state index is 12.0. The van der Waals surface area contributed by atoms with Gasteiger partial charge in [0.2, 0.25) is 5.91 Å². The van der Waals surface area contributed by atoms with E-state index in [1.807, 2.05) is 24.3 Å². The zero-order valence-corrected chi connectivity index (χ0v) is 13.8. The van der Waals surface area contributed by atoms with Crippen molar-refractivity contribution in [2.75, 3.05) is 18.9 Å². The van der Waals surface area contributed by atoms with Crippen LogP contribution in [0, 0.1) is 17.0 Å². The van der Waals surface area contributed by atoms with E-state index in [0.29, 0.717) is 13.1 Å². The van der Waals surface area contributed by atoms with E-state index in [-0.39, 0.29) is 23.7 Å². The van der Waals surface area contributed by atoms with Crippen molar-refractivity contribution < 1.29 is 9.72 Å². The van der Waals surface area contributed by atoms with E-state index in [9.17, 15) is 14.9 Å². The summed E-state index contributed by atoms with van der Waals surface area (Å²) in [4.78, 5) is 28.8. The minimum atomic E-state index is -0.508. The summed E-state index contributed by atoms with van der Waals surface area (Å²) in [6.07, 6.45) is 0.256. The van der Waals surface area contributed by atoms with Crippen LogP contribution in [0.5, 0.6) is 0 Å². The Balaban J connectivity index is 1.84. The molecule has 0 spiro atoms. The van der Waals surface area contributed by atoms with Crippen LogP contribution in [0.25, 0.3) is 0 Å². The summed E-state index contributed by atoms with van der Waals surface area (Å²) in [5.41, 5.74) is 1.10. The predicted molar refractivity (Wildman–Crippen MR) is 89.5 cm³/mol. The second kappa shape index (κ2) is 7.80.